The summed E-state index contributed by atoms with van der Waals surface area (Å²) in [5.41, 5.74) is 0.350. The van der Waals surface area contributed by atoms with E-state index in [4.69, 9.17) is 9.47 Å². The molecule has 0 bridgehead atoms. The van der Waals surface area contributed by atoms with Crippen molar-refractivity contribution in [1.82, 2.24) is 24.8 Å². The van der Waals surface area contributed by atoms with Gasteiger partial charge >= 0.3 is 6.03 Å². The minimum atomic E-state index is -0.702. The molecule has 38 heavy (non-hydrogen) atoms. The predicted molar refractivity (Wildman–Crippen MR) is 138 cm³/mol. The SMILES string of the molecule is O=C(N1CCN(c2ncc(F)c(OCCN3CCOCC3)n2)CC1)N1N=CC[C@H]1c1cc(F)cc(F)c1.S. The van der Waals surface area contributed by atoms with Gasteiger partial charge in [-0.25, -0.2) is 23.6 Å². The fraction of sp³-hybridized carbons (Fsp3) is 0.500. The molecule has 0 radical (unpaired) electrons. The average Bonchev–Trinajstić information content (AvgIpc) is 3.40. The Balaban J connectivity index is 0.00000336. The molecule has 2 fully saturated rings. The Morgan fingerprint density at radius 2 is 1.74 bits per heavy atom. The highest BCUT2D eigenvalue weighted by atomic mass is 32.1. The van der Waals surface area contributed by atoms with Crippen molar-refractivity contribution < 1.29 is 27.4 Å². The van der Waals surface area contributed by atoms with Crippen LogP contribution in [0, 0.1) is 17.5 Å². The van der Waals surface area contributed by atoms with E-state index in [0.717, 1.165) is 25.4 Å². The molecule has 0 spiro atoms. The number of hydrogen-bond donors (Lipinski definition) is 0. The Morgan fingerprint density at radius 1 is 1.03 bits per heavy atom. The molecule has 5 rings (SSSR count). The number of hydrogen-bond acceptors (Lipinski definition) is 8. The van der Waals surface area contributed by atoms with Gasteiger partial charge in [0.1, 0.15) is 18.2 Å². The van der Waals surface area contributed by atoms with E-state index in [1.54, 1.807) is 11.1 Å². The van der Waals surface area contributed by atoms with Crippen LogP contribution in [0.1, 0.15) is 18.0 Å². The predicted octanol–water partition coefficient (Wildman–Crippen LogP) is 2.39. The number of anilines is 1. The van der Waals surface area contributed by atoms with Crippen molar-refractivity contribution in [3.8, 4) is 5.88 Å². The topological polar surface area (TPSA) is 86.6 Å². The third-order valence-corrected chi connectivity index (χ3v) is 6.58. The van der Waals surface area contributed by atoms with Crippen molar-refractivity contribution in [3.63, 3.8) is 0 Å². The second-order valence-corrected chi connectivity index (χ2v) is 8.98. The summed E-state index contributed by atoms with van der Waals surface area (Å²) in [6.45, 7) is 5.45. The summed E-state index contributed by atoms with van der Waals surface area (Å²) in [5, 5.41) is 5.42. The summed E-state index contributed by atoms with van der Waals surface area (Å²) in [4.78, 5) is 27.2. The second-order valence-electron chi connectivity index (χ2n) is 8.98. The fourth-order valence-electron chi connectivity index (χ4n) is 4.58. The van der Waals surface area contributed by atoms with E-state index in [1.165, 1.54) is 17.1 Å². The van der Waals surface area contributed by atoms with Crippen LogP contribution in [-0.2, 0) is 4.74 Å². The van der Waals surface area contributed by atoms with Gasteiger partial charge in [0, 0.05) is 64.5 Å². The molecule has 3 aliphatic heterocycles. The van der Waals surface area contributed by atoms with E-state index in [0.29, 0.717) is 70.5 Å². The first-order valence-corrected chi connectivity index (χ1v) is 12.2. The lowest BCUT2D eigenvalue weighted by Gasteiger charge is -2.37. The first-order valence-electron chi connectivity index (χ1n) is 12.2. The Labute approximate surface area is 225 Å². The Bertz CT molecular complexity index is 1130. The number of carbonyl (C=O) groups is 1. The van der Waals surface area contributed by atoms with Crippen molar-refractivity contribution in [2.75, 3.05) is 70.5 Å². The highest BCUT2D eigenvalue weighted by Gasteiger charge is 2.34. The molecule has 206 valence electrons. The summed E-state index contributed by atoms with van der Waals surface area (Å²) in [6, 6.07) is 2.30. The summed E-state index contributed by atoms with van der Waals surface area (Å²) in [5.74, 6) is -1.82. The number of halogens is 3. The zero-order valence-corrected chi connectivity index (χ0v) is 21.7. The highest BCUT2D eigenvalue weighted by molar-refractivity contribution is 7.59. The van der Waals surface area contributed by atoms with Gasteiger partial charge in [0.2, 0.25) is 11.8 Å². The zero-order chi connectivity index (χ0) is 25.8. The molecule has 14 heteroatoms. The highest BCUT2D eigenvalue weighted by Crippen LogP contribution is 2.30. The maximum absolute atomic E-state index is 14.2. The van der Waals surface area contributed by atoms with E-state index in [1.807, 2.05) is 4.90 Å². The Morgan fingerprint density at radius 3 is 2.45 bits per heavy atom. The van der Waals surface area contributed by atoms with Gasteiger partial charge in [0.15, 0.2) is 0 Å². The zero-order valence-electron chi connectivity index (χ0n) is 20.7. The first-order chi connectivity index (χ1) is 18.0. The van der Waals surface area contributed by atoms with Crippen LogP contribution in [0.3, 0.4) is 0 Å². The second kappa shape index (κ2) is 12.6. The number of urea groups is 1. The lowest BCUT2D eigenvalue weighted by Crippen LogP contribution is -2.52. The first kappa shape index (κ1) is 27.9. The molecule has 0 saturated carbocycles. The van der Waals surface area contributed by atoms with Crippen molar-refractivity contribution in [3.05, 3.63) is 47.4 Å². The van der Waals surface area contributed by atoms with E-state index in [-0.39, 0.29) is 25.4 Å². The number of carbonyl (C=O) groups excluding carboxylic acids is 1. The molecule has 1 aromatic heterocycles. The minimum absolute atomic E-state index is 0. The number of benzene rings is 1. The molecule has 2 saturated heterocycles. The molecule has 0 unspecified atom stereocenters. The Kier molecular flexibility index (Phi) is 9.28. The summed E-state index contributed by atoms with van der Waals surface area (Å²) < 4.78 is 52.6. The molecule has 0 aliphatic carbocycles. The van der Waals surface area contributed by atoms with Crippen molar-refractivity contribution >= 4 is 31.7 Å². The van der Waals surface area contributed by atoms with Crippen LogP contribution in [0.15, 0.2) is 29.5 Å². The molecule has 4 heterocycles. The number of piperazine rings is 1. The van der Waals surface area contributed by atoms with Crippen molar-refractivity contribution in [1.29, 1.82) is 0 Å². The molecule has 1 aromatic carbocycles. The van der Waals surface area contributed by atoms with Gasteiger partial charge in [-0.15, -0.1) is 0 Å². The summed E-state index contributed by atoms with van der Waals surface area (Å²) in [6.07, 6.45) is 3.02. The van der Waals surface area contributed by atoms with Crippen molar-refractivity contribution in [2.24, 2.45) is 5.10 Å². The van der Waals surface area contributed by atoms with E-state index >= 15 is 0 Å². The number of hydrazone groups is 1. The van der Waals surface area contributed by atoms with Crippen LogP contribution >= 0.6 is 13.5 Å². The number of nitrogens with zero attached hydrogens (tertiary/aromatic N) is 7. The number of rotatable bonds is 6. The van der Waals surface area contributed by atoms with Gasteiger partial charge in [-0.05, 0) is 17.7 Å². The lowest BCUT2D eigenvalue weighted by molar-refractivity contribution is 0.0317. The molecule has 2 aromatic rings. The molecule has 3 aliphatic rings. The third kappa shape index (κ3) is 6.48. The largest absolute Gasteiger partial charge is 0.474 e. The smallest absolute Gasteiger partial charge is 0.341 e. The van der Waals surface area contributed by atoms with Gasteiger partial charge in [-0.2, -0.15) is 28.0 Å². The molecule has 0 N–H and O–H groups in total. The van der Waals surface area contributed by atoms with Gasteiger partial charge in [0.05, 0.1) is 25.5 Å². The summed E-state index contributed by atoms with van der Waals surface area (Å²) in [7, 11) is 0. The van der Waals surface area contributed by atoms with Gasteiger partial charge in [0.25, 0.3) is 5.88 Å². The van der Waals surface area contributed by atoms with Crippen LogP contribution < -0.4 is 9.64 Å². The molecular weight excluding hydrogens is 523 g/mol. The monoisotopic (exact) mass is 553 g/mol. The van der Waals surface area contributed by atoms with Crippen molar-refractivity contribution in [2.45, 2.75) is 12.5 Å². The van der Waals surface area contributed by atoms with Crippen LogP contribution in [0.2, 0.25) is 0 Å². The molecule has 1 atom stereocenters. The quantitative estimate of drug-likeness (QED) is 0.543. The molecule has 10 nitrogen and oxygen atoms in total. The van der Waals surface area contributed by atoms with Gasteiger partial charge in [-0.3, -0.25) is 4.90 Å². The number of aromatic nitrogens is 2. The van der Waals surface area contributed by atoms with Crippen LogP contribution in [0.4, 0.5) is 23.9 Å². The average molecular weight is 554 g/mol. The van der Waals surface area contributed by atoms with E-state index in [9.17, 15) is 18.0 Å². The maximum atomic E-state index is 14.2. The summed E-state index contributed by atoms with van der Waals surface area (Å²) >= 11 is 0. The third-order valence-electron chi connectivity index (χ3n) is 6.58. The van der Waals surface area contributed by atoms with Gasteiger partial charge < -0.3 is 19.3 Å². The minimum Gasteiger partial charge on any atom is -0.474 e. The van der Waals surface area contributed by atoms with E-state index < -0.39 is 23.5 Å². The Hall–Kier alpha value is -3.10. The van der Waals surface area contributed by atoms with Crippen LogP contribution in [0.25, 0.3) is 0 Å². The maximum Gasteiger partial charge on any atom is 0.341 e. The standard InChI is InChI=1S/C24H28F3N7O3.H2S/c25-18-13-17(14-19(26)15-18)21-1-2-29-34(21)24(35)33-5-3-32(4-6-33)23-28-16-20(27)22(30-23)37-12-9-31-7-10-36-11-8-31;/h2,13-16,21H,1,3-12H2;1H2/t21-;/m0./s1. The fourth-order valence-corrected chi connectivity index (χ4v) is 4.58. The van der Waals surface area contributed by atoms with Gasteiger partial charge in [-0.1, -0.05) is 0 Å². The molecular formula is C24H30F3N7O3S. The normalized spacial score (nSPS) is 20.0. The van der Waals surface area contributed by atoms with Crippen LogP contribution in [0.5, 0.6) is 5.88 Å². The lowest BCUT2D eigenvalue weighted by atomic mass is 10.0. The molecule has 2 amide bonds. The number of morpholine rings is 1. The number of ether oxygens (including phenoxy) is 2. The van der Waals surface area contributed by atoms with Crippen LogP contribution in [-0.4, -0.2) is 103 Å². The number of amides is 2. The van der Waals surface area contributed by atoms with E-state index in [2.05, 4.69) is 20.0 Å².